The fourth-order valence-corrected chi connectivity index (χ4v) is 6.43. The van der Waals surface area contributed by atoms with Crippen molar-refractivity contribution < 1.29 is 35.0 Å². The molecule has 0 bridgehead atoms. The molecule has 5 N–H and O–H groups in total. The Morgan fingerprint density at radius 3 is 2.53 bits per heavy atom. The summed E-state index contributed by atoms with van der Waals surface area (Å²) < 4.78 is 11.7. The maximum atomic E-state index is 10.8. The second-order valence-corrected chi connectivity index (χ2v) is 10.9. The summed E-state index contributed by atoms with van der Waals surface area (Å²) >= 11 is 0. The van der Waals surface area contributed by atoms with E-state index in [9.17, 15) is 25.5 Å². The summed E-state index contributed by atoms with van der Waals surface area (Å²) in [4.78, 5) is 0. The van der Waals surface area contributed by atoms with Crippen LogP contribution in [0.15, 0.2) is 23.8 Å². The standard InChI is InChI=1S/C25H42O7/c1-14(9-11-26)6-7-16-15(2)18(32-23-22(30)21(29)17(27)13-31-23)12-19-24(3,4)20(28)8-10-25(16,19)5/h9,16-23,26-30H,2,6-8,10-13H2,1,3-5H3/b14-9-/t16-,17+,18+,19-,20-,21+,22+,23+,25+/m0/s1. The van der Waals surface area contributed by atoms with E-state index in [4.69, 9.17) is 9.47 Å². The van der Waals surface area contributed by atoms with Gasteiger partial charge in [-0.1, -0.05) is 39.0 Å². The quantitative estimate of drug-likeness (QED) is 0.307. The highest BCUT2D eigenvalue weighted by Gasteiger charge is 2.58. The van der Waals surface area contributed by atoms with E-state index >= 15 is 0 Å². The van der Waals surface area contributed by atoms with Crippen LogP contribution in [-0.2, 0) is 9.47 Å². The van der Waals surface area contributed by atoms with Gasteiger partial charge in [0, 0.05) is 0 Å². The number of aliphatic hydroxyl groups is 5. The van der Waals surface area contributed by atoms with Crippen LogP contribution in [0.1, 0.15) is 59.8 Å². The van der Waals surface area contributed by atoms with Gasteiger partial charge < -0.3 is 35.0 Å². The topological polar surface area (TPSA) is 120 Å². The van der Waals surface area contributed by atoms with Crippen molar-refractivity contribution >= 4 is 0 Å². The maximum Gasteiger partial charge on any atom is 0.186 e. The third-order valence-corrected chi connectivity index (χ3v) is 8.64. The van der Waals surface area contributed by atoms with Crippen molar-refractivity contribution in [2.75, 3.05) is 13.2 Å². The summed E-state index contributed by atoms with van der Waals surface area (Å²) in [6, 6.07) is 0. The van der Waals surface area contributed by atoms with Crippen molar-refractivity contribution in [2.24, 2.45) is 22.7 Å². The van der Waals surface area contributed by atoms with Crippen LogP contribution in [0.3, 0.4) is 0 Å². The van der Waals surface area contributed by atoms with Gasteiger partial charge in [0.25, 0.3) is 0 Å². The molecule has 1 aliphatic heterocycles. The average Bonchev–Trinajstić information content (AvgIpc) is 2.73. The van der Waals surface area contributed by atoms with Gasteiger partial charge in [0.15, 0.2) is 6.29 Å². The van der Waals surface area contributed by atoms with E-state index in [1.165, 1.54) is 0 Å². The number of rotatable bonds is 6. The number of ether oxygens (including phenoxy) is 2. The molecule has 2 saturated carbocycles. The molecule has 0 spiro atoms. The largest absolute Gasteiger partial charge is 0.393 e. The Bertz CT molecular complexity index is 704. The van der Waals surface area contributed by atoms with E-state index in [-0.39, 0.29) is 35.9 Å². The Hall–Kier alpha value is -0.800. The van der Waals surface area contributed by atoms with Gasteiger partial charge >= 0.3 is 0 Å². The van der Waals surface area contributed by atoms with Crippen LogP contribution in [0.4, 0.5) is 0 Å². The van der Waals surface area contributed by atoms with Crippen molar-refractivity contribution in [3.8, 4) is 0 Å². The fraction of sp³-hybridized carbons (Fsp3) is 0.840. The minimum absolute atomic E-state index is 0.0212. The zero-order valence-corrected chi connectivity index (χ0v) is 19.9. The molecule has 0 radical (unpaired) electrons. The van der Waals surface area contributed by atoms with Crippen molar-refractivity contribution in [2.45, 2.75) is 96.6 Å². The highest BCUT2D eigenvalue weighted by molar-refractivity contribution is 5.22. The Morgan fingerprint density at radius 2 is 1.88 bits per heavy atom. The molecule has 9 atom stereocenters. The molecule has 0 aromatic heterocycles. The monoisotopic (exact) mass is 454 g/mol. The van der Waals surface area contributed by atoms with E-state index in [1.54, 1.807) is 0 Å². The van der Waals surface area contributed by atoms with Crippen molar-refractivity contribution in [1.82, 2.24) is 0 Å². The van der Waals surface area contributed by atoms with Crippen molar-refractivity contribution in [3.05, 3.63) is 23.8 Å². The van der Waals surface area contributed by atoms with E-state index in [2.05, 4.69) is 27.4 Å². The van der Waals surface area contributed by atoms with Crippen molar-refractivity contribution in [3.63, 3.8) is 0 Å². The first-order valence-electron chi connectivity index (χ1n) is 11.9. The summed E-state index contributed by atoms with van der Waals surface area (Å²) in [7, 11) is 0. The van der Waals surface area contributed by atoms with Crippen LogP contribution < -0.4 is 0 Å². The second-order valence-electron chi connectivity index (χ2n) is 10.9. The third kappa shape index (κ3) is 4.71. The maximum absolute atomic E-state index is 10.8. The molecule has 3 rings (SSSR count). The van der Waals surface area contributed by atoms with Gasteiger partial charge in [0.05, 0.1) is 25.4 Å². The van der Waals surface area contributed by atoms with Crippen LogP contribution >= 0.6 is 0 Å². The van der Waals surface area contributed by atoms with Crippen LogP contribution in [0.25, 0.3) is 0 Å². The lowest BCUT2D eigenvalue weighted by Gasteiger charge is -2.61. The van der Waals surface area contributed by atoms with E-state index in [1.807, 2.05) is 13.0 Å². The molecule has 32 heavy (non-hydrogen) atoms. The molecule has 184 valence electrons. The predicted molar refractivity (Wildman–Crippen MR) is 121 cm³/mol. The van der Waals surface area contributed by atoms with Gasteiger partial charge in [-0.2, -0.15) is 0 Å². The molecule has 2 aliphatic carbocycles. The second kappa shape index (κ2) is 9.82. The summed E-state index contributed by atoms with van der Waals surface area (Å²) in [6.07, 6.45) is 0.125. The molecule has 0 aromatic rings. The van der Waals surface area contributed by atoms with E-state index in [0.29, 0.717) is 6.42 Å². The van der Waals surface area contributed by atoms with Crippen LogP contribution in [-0.4, -0.2) is 75.6 Å². The van der Waals surface area contributed by atoms with Crippen LogP contribution in [0, 0.1) is 22.7 Å². The van der Waals surface area contributed by atoms with Crippen LogP contribution in [0.5, 0.6) is 0 Å². The molecule has 3 aliphatic rings. The molecule has 7 nitrogen and oxygen atoms in total. The lowest BCUT2D eigenvalue weighted by atomic mass is 9.46. The number of aliphatic hydroxyl groups excluding tert-OH is 5. The smallest absolute Gasteiger partial charge is 0.186 e. The van der Waals surface area contributed by atoms with Gasteiger partial charge in [-0.3, -0.25) is 0 Å². The molecule has 0 aromatic carbocycles. The van der Waals surface area contributed by atoms with Gasteiger partial charge in [-0.05, 0) is 67.3 Å². The summed E-state index contributed by atoms with van der Waals surface area (Å²) in [5.74, 6) is 0.300. The van der Waals surface area contributed by atoms with Gasteiger partial charge in [0.2, 0.25) is 0 Å². The first kappa shape index (κ1) is 25.8. The minimum atomic E-state index is -1.35. The normalized spacial score (nSPS) is 44.9. The first-order valence-corrected chi connectivity index (χ1v) is 11.9. The molecular weight excluding hydrogens is 412 g/mol. The summed E-state index contributed by atoms with van der Waals surface area (Å²) in [5, 5.41) is 50.3. The number of hydrogen-bond acceptors (Lipinski definition) is 7. The van der Waals surface area contributed by atoms with E-state index < -0.39 is 36.8 Å². The summed E-state index contributed by atoms with van der Waals surface area (Å²) in [5.41, 5.74) is 1.71. The van der Waals surface area contributed by atoms with Gasteiger partial charge in [0.1, 0.15) is 18.3 Å². The zero-order chi connectivity index (χ0) is 23.8. The van der Waals surface area contributed by atoms with E-state index in [0.717, 1.165) is 36.8 Å². The Kier molecular flexibility index (Phi) is 7.92. The fourth-order valence-electron chi connectivity index (χ4n) is 6.43. The van der Waals surface area contributed by atoms with Crippen molar-refractivity contribution in [1.29, 1.82) is 0 Å². The lowest BCUT2D eigenvalue weighted by molar-refractivity contribution is -0.286. The summed E-state index contributed by atoms with van der Waals surface area (Å²) in [6.45, 7) is 12.9. The third-order valence-electron chi connectivity index (χ3n) is 8.64. The number of hydrogen-bond donors (Lipinski definition) is 5. The molecule has 7 heteroatoms. The lowest BCUT2D eigenvalue weighted by Crippen LogP contribution is -2.59. The Labute approximate surface area is 191 Å². The highest BCUT2D eigenvalue weighted by atomic mass is 16.7. The zero-order valence-electron chi connectivity index (χ0n) is 19.9. The molecular formula is C25H42O7. The number of fused-ring (bicyclic) bond motifs is 1. The molecule has 3 fully saturated rings. The van der Waals surface area contributed by atoms with Gasteiger partial charge in [-0.25, -0.2) is 0 Å². The Morgan fingerprint density at radius 1 is 1.19 bits per heavy atom. The predicted octanol–water partition coefficient (Wildman–Crippen LogP) is 1.91. The molecule has 0 unspecified atom stereocenters. The molecule has 1 saturated heterocycles. The van der Waals surface area contributed by atoms with Crippen LogP contribution in [0.2, 0.25) is 0 Å². The molecule has 1 heterocycles. The highest BCUT2D eigenvalue weighted by Crippen LogP contribution is 2.62. The SMILES string of the molecule is C=C1[C@H](O[C@H]2OC[C@@H](O)[C@@H](O)[C@H]2O)C[C@H]2C(C)(C)[C@@H](O)CC[C@]2(C)[C@H]1CC/C(C)=C\CO. The Balaban J connectivity index is 1.87. The van der Waals surface area contributed by atoms with Gasteiger partial charge in [-0.15, -0.1) is 0 Å². The molecule has 0 amide bonds. The first-order chi connectivity index (χ1) is 14.9. The minimum Gasteiger partial charge on any atom is -0.393 e. The number of allylic oxidation sites excluding steroid dienone is 1. The average molecular weight is 455 g/mol.